The number of nitro groups is 1. The van der Waals surface area contributed by atoms with Gasteiger partial charge >= 0.3 is 0 Å². The number of carbonyl (C=O) groups is 1. The zero-order valence-corrected chi connectivity index (χ0v) is 18.1. The number of nitro benzene ring substituents is 1. The van der Waals surface area contributed by atoms with Crippen molar-refractivity contribution in [2.24, 2.45) is 0 Å². The van der Waals surface area contributed by atoms with Gasteiger partial charge < -0.3 is 4.90 Å². The highest BCUT2D eigenvalue weighted by Gasteiger charge is 2.22. The van der Waals surface area contributed by atoms with E-state index in [4.69, 9.17) is 0 Å². The quantitative estimate of drug-likeness (QED) is 0.243. The highest BCUT2D eigenvalue weighted by molar-refractivity contribution is 6.07. The van der Waals surface area contributed by atoms with Crippen LogP contribution in [-0.4, -0.2) is 10.8 Å². The molecular weight excluding hydrogens is 412 g/mol. The fourth-order valence-electron chi connectivity index (χ4n) is 3.84. The van der Waals surface area contributed by atoms with E-state index < -0.39 is 4.92 Å². The van der Waals surface area contributed by atoms with Crippen molar-refractivity contribution < 1.29 is 9.72 Å². The monoisotopic (exact) mass is 436 g/mol. The summed E-state index contributed by atoms with van der Waals surface area (Å²) in [6.45, 7) is 0.313. The van der Waals surface area contributed by atoms with Crippen LogP contribution in [0.2, 0.25) is 0 Å². The SMILES string of the molecule is O=C(c1ccccc1CCc1ccccc1)N(Cc1ccccc1)c1cccc([N+](=O)[O-])c1. The van der Waals surface area contributed by atoms with E-state index in [9.17, 15) is 14.9 Å². The maximum absolute atomic E-state index is 13.8. The third kappa shape index (κ3) is 5.52. The second-order valence-electron chi connectivity index (χ2n) is 7.80. The summed E-state index contributed by atoms with van der Waals surface area (Å²) in [5, 5.41) is 11.4. The van der Waals surface area contributed by atoms with Gasteiger partial charge in [0.25, 0.3) is 11.6 Å². The Labute approximate surface area is 193 Å². The van der Waals surface area contributed by atoms with Crippen LogP contribution in [0.25, 0.3) is 0 Å². The van der Waals surface area contributed by atoms with Gasteiger partial charge in [0.05, 0.1) is 17.2 Å². The zero-order chi connectivity index (χ0) is 23.0. The van der Waals surface area contributed by atoms with Crippen molar-refractivity contribution >= 4 is 17.3 Å². The zero-order valence-electron chi connectivity index (χ0n) is 18.1. The molecular formula is C28H24N2O3. The number of amides is 1. The molecule has 0 heterocycles. The number of benzene rings is 4. The largest absolute Gasteiger partial charge is 0.304 e. The van der Waals surface area contributed by atoms with Crippen molar-refractivity contribution in [2.75, 3.05) is 4.90 Å². The van der Waals surface area contributed by atoms with Crippen LogP contribution >= 0.6 is 0 Å². The van der Waals surface area contributed by atoms with E-state index in [1.54, 1.807) is 17.0 Å². The Morgan fingerprint density at radius 2 is 1.36 bits per heavy atom. The van der Waals surface area contributed by atoms with Gasteiger partial charge in [-0.25, -0.2) is 0 Å². The van der Waals surface area contributed by atoms with E-state index in [0.717, 1.165) is 24.0 Å². The lowest BCUT2D eigenvalue weighted by Crippen LogP contribution is -2.31. The first kappa shape index (κ1) is 22.0. The third-order valence-electron chi connectivity index (χ3n) is 5.55. The molecule has 0 bridgehead atoms. The van der Waals surface area contributed by atoms with Crippen molar-refractivity contribution in [1.82, 2.24) is 0 Å². The Kier molecular flexibility index (Phi) is 6.90. The summed E-state index contributed by atoms with van der Waals surface area (Å²) in [4.78, 5) is 26.3. The molecule has 4 aromatic carbocycles. The highest BCUT2D eigenvalue weighted by atomic mass is 16.6. The van der Waals surface area contributed by atoms with Gasteiger partial charge in [-0.2, -0.15) is 0 Å². The topological polar surface area (TPSA) is 63.5 Å². The van der Waals surface area contributed by atoms with Gasteiger partial charge in [0.1, 0.15) is 0 Å². The second-order valence-corrected chi connectivity index (χ2v) is 7.80. The van der Waals surface area contributed by atoms with Crippen LogP contribution in [-0.2, 0) is 19.4 Å². The van der Waals surface area contributed by atoms with Gasteiger partial charge in [-0.3, -0.25) is 14.9 Å². The van der Waals surface area contributed by atoms with Crippen LogP contribution in [0.15, 0.2) is 109 Å². The molecule has 0 aliphatic heterocycles. The fourth-order valence-corrected chi connectivity index (χ4v) is 3.84. The summed E-state index contributed by atoms with van der Waals surface area (Å²) in [7, 11) is 0. The lowest BCUT2D eigenvalue weighted by atomic mass is 9.98. The molecule has 4 aromatic rings. The third-order valence-corrected chi connectivity index (χ3v) is 5.55. The molecule has 0 spiro atoms. The first-order chi connectivity index (χ1) is 16.1. The van der Waals surface area contributed by atoms with Crippen molar-refractivity contribution in [2.45, 2.75) is 19.4 Å². The molecule has 0 aromatic heterocycles. The molecule has 0 atom stereocenters. The molecule has 33 heavy (non-hydrogen) atoms. The van der Waals surface area contributed by atoms with Gasteiger partial charge in [-0.1, -0.05) is 84.9 Å². The fraction of sp³-hybridized carbons (Fsp3) is 0.107. The van der Waals surface area contributed by atoms with E-state index in [-0.39, 0.29) is 11.6 Å². The number of rotatable bonds is 8. The number of non-ortho nitro benzene ring substituents is 1. The summed E-state index contributed by atoms with van der Waals surface area (Å²) in [6.07, 6.45) is 1.54. The number of carbonyl (C=O) groups excluding carboxylic acids is 1. The highest BCUT2D eigenvalue weighted by Crippen LogP contribution is 2.26. The van der Waals surface area contributed by atoms with Crippen molar-refractivity contribution in [3.05, 3.63) is 142 Å². The molecule has 0 saturated carbocycles. The molecule has 5 nitrogen and oxygen atoms in total. The van der Waals surface area contributed by atoms with Crippen LogP contribution in [0.1, 0.15) is 27.0 Å². The van der Waals surface area contributed by atoms with E-state index in [0.29, 0.717) is 17.8 Å². The van der Waals surface area contributed by atoms with Gasteiger partial charge in [-0.05, 0) is 41.7 Å². The molecule has 0 radical (unpaired) electrons. The second kappa shape index (κ2) is 10.4. The van der Waals surface area contributed by atoms with Crippen molar-refractivity contribution in [1.29, 1.82) is 0 Å². The summed E-state index contributed by atoms with van der Waals surface area (Å²) >= 11 is 0. The summed E-state index contributed by atoms with van der Waals surface area (Å²) in [5.41, 5.74) is 4.16. The first-order valence-corrected chi connectivity index (χ1v) is 10.8. The van der Waals surface area contributed by atoms with Crippen molar-refractivity contribution in [3.8, 4) is 0 Å². The molecule has 0 N–H and O–H groups in total. The summed E-state index contributed by atoms with van der Waals surface area (Å²) in [5.74, 6) is -0.178. The summed E-state index contributed by atoms with van der Waals surface area (Å²) < 4.78 is 0. The average molecular weight is 437 g/mol. The molecule has 0 saturated heterocycles. The number of hydrogen-bond donors (Lipinski definition) is 0. The number of aryl methyl sites for hydroxylation is 2. The van der Waals surface area contributed by atoms with E-state index in [1.807, 2.05) is 72.8 Å². The predicted molar refractivity (Wildman–Crippen MR) is 130 cm³/mol. The minimum atomic E-state index is -0.442. The van der Waals surface area contributed by atoms with Crippen molar-refractivity contribution in [3.63, 3.8) is 0 Å². The van der Waals surface area contributed by atoms with E-state index >= 15 is 0 Å². The normalized spacial score (nSPS) is 10.5. The maximum Gasteiger partial charge on any atom is 0.271 e. The molecule has 0 fully saturated rings. The van der Waals surface area contributed by atoms with Gasteiger partial charge in [-0.15, -0.1) is 0 Å². The first-order valence-electron chi connectivity index (χ1n) is 10.8. The molecule has 5 heteroatoms. The van der Waals surface area contributed by atoms with Crippen LogP contribution in [0, 0.1) is 10.1 Å². The summed E-state index contributed by atoms with van der Waals surface area (Å²) in [6, 6.07) is 33.6. The van der Waals surface area contributed by atoms with Gasteiger partial charge in [0.15, 0.2) is 0 Å². The Morgan fingerprint density at radius 1 is 0.727 bits per heavy atom. The number of anilines is 1. The molecule has 0 aliphatic carbocycles. The number of nitrogens with zero attached hydrogens (tertiary/aromatic N) is 2. The predicted octanol–water partition coefficient (Wildman–Crippen LogP) is 6.23. The number of hydrogen-bond acceptors (Lipinski definition) is 3. The Morgan fingerprint density at radius 3 is 2.06 bits per heavy atom. The van der Waals surface area contributed by atoms with Crippen LogP contribution in [0.4, 0.5) is 11.4 Å². The molecule has 0 aliphatic rings. The molecule has 0 unspecified atom stereocenters. The molecule has 4 rings (SSSR count). The lowest BCUT2D eigenvalue weighted by Gasteiger charge is -2.24. The Hall–Kier alpha value is -4.25. The van der Waals surface area contributed by atoms with E-state index in [1.165, 1.54) is 17.7 Å². The van der Waals surface area contributed by atoms with Crippen LogP contribution in [0.3, 0.4) is 0 Å². The molecule has 1 amide bonds. The minimum Gasteiger partial charge on any atom is -0.304 e. The Bertz CT molecular complexity index is 1240. The van der Waals surface area contributed by atoms with Gasteiger partial charge in [0.2, 0.25) is 0 Å². The van der Waals surface area contributed by atoms with Crippen LogP contribution < -0.4 is 4.90 Å². The minimum absolute atomic E-state index is 0.0456. The Balaban J connectivity index is 1.68. The smallest absolute Gasteiger partial charge is 0.271 e. The van der Waals surface area contributed by atoms with E-state index in [2.05, 4.69) is 12.1 Å². The van der Waals surface area contributed by atoms with Gasteiger partial charge in [0, 0.05) is 17.7 Å². The standard InChI is InChI=1S/C28H24N2O3/c31-28(27-17-8-7-14-24(27)19-18-22-10-3-1-4-11-22)29(21-23-12-5-2-6-13-23)25-15-9-16-26(20-25)30(32)33/h1-17,20H,18-19,21H2. The average Bonchev–Trinajstić information content (AvgIpc) is 2.87. The maximum atomic E-state index is 13.8. The molecule has 164 valence electrons. The van der Waals surface area contributed by atoms with Crippen LogP contribution in [0.5, 0.6) is 0 Å². The lowest BCUT2D eigenvalue weighted by molar-refractivity contribution is -0.384.